The van der Waals surface area contributed by atoms with Crippen molar-refractivity contribution >= 4 is 17.5 Å². The lowest BCUT2D eigenvalue weighted by atomic mass is 9.89. The van der Waals surface area contributed by atoms with Crippen LogP contribution in [0.2, 0.25) is 0 Å². The number of ether oxygens (including phenoxy) is 1. The number of nitro benzene ring substituents is 1. The second-order valence-corrected chi connectivity index (χ2v) is 7.51. The molecule has 2 N–H and O–H groups in total. The summed E-state index contributed by atoms with van der Waals surface area (Å²) in [6, 6.07) is 6.08. The number of nitrogens with one attached hydrogen (secondary N) is 1. The standard InChI is InChI=1S/C18H27N3O5/c1-18(2,3)26-17(23)20-10-8-13(9-11-20)15(12-22)19-14-6-4-5-7-16(14)21(24)25/h4-7,13,15,19,22H,8-12H2,1-3H3. The lowest BCUT2D eigenvalue weighted by Gasteiger charge is -2.36. The first-order valence-corrected chi connectivity index (χ1v) is 8.80. The Morgan fingerprint density at radius 2 is 2.00 bits per heavy atom. The van der Waals surface area contributed by atoms with E-state index in [4.69, 9.17) is 4.74 Å². The second-order valence-electron chi connectivity index (χ2n) is 7.51. The van der Waals surface area contributed by atoms with Crippen molar-refractivity contribution in [3.8, 4) is 0 Å². The minimum absolute atomic E-state index is 0.0165. The molecule has 1 aliphatic rings. The van der Waals surface area contributed by atoms with Gasteiger partial charge in [-0.15, -0.1) is 0 Å². The highest BCUT2D eigenvalue weighted by atomic mass is 16.6. The topological polar surface area (TPSA) is 105 Å². The molecular weight excluding hydrogens is 338 g/mol. The Bertz CT molecular complexity index is 636. The van der Waals surface area contributed by atoms with Gasteiger partial charge in [-0.25, -0.2) is 4.79 Å². The van der Waals surface area contributed by atoms with Crippen LogP contribution in [0.4, 0.5) is 16.2 Å². The number of para-hydroxylation sites is 2. The van der Waals surface area contributed by atoms with Crippen LogP contribution < -0.4 is 5.32 Å². The molecule has 1 fully saturated rings. The van der Waals surface area contributed by atoms with Crippen molar-refractivity contribution in [2.45, 2.75) is 45.3 Å². The van der Waals surface area contributed by atoms with Crippen LogP contribution in [-0.2, 0) is 4.74 Å². The van der Waals surface area contributed by atoms with Gasteiger partial charge in [0.25, 0.3) is 5.69 Å². The minimum atomic E-state index is -0.532. The maximum Gasteiger partial charge on any atom is 0.410 e. The van der Waals surface area contributed by atoms with Crippen LogP contribution in [0, 0.1) is 16.0 Å². The molecule has 1 aliphatic heterocycles. The molecule has 2 rings (SSSR count). The number of aliphatic hydroxyl groups is 1. The number of benzene rings is 1. The molecule has 1 heterocycles. The molecule has 1 saturated heterocycles. The van der Waals surface area contributed by atoms with Gasteiger partial charge in [0.15, 0.2) is 0 Å². The Balaban J connectivity index is 1.97. The summed E-state index contributed by atoms with van der Waals surface area (Å²) in [6.45, 7) is 6.43. The van der Waals surface area contributed by atoms with E-state index in [-0.39, 0.29) is 30.3 Å². The monoisotopic (exact) mass is 365 g/mol. The number of aliphatic hydroxyl groups excluding tert-OH is 1. The average molecular weight is 365 g/mol. The zero-order valence-corrected chi connectivity index (χ0v) is 15.5. The fraction of sp³-hybridized carbons (Fsp3) is 0.611. The molecule has 1 amide bonds. The maximum absolute atomic E-state index is 12.1. The van der Waals surface area contributed by atoms with Crippen LogP contribution in [0.3, 0.4) is 0 Å². The highest BCUT2D eigenvalue weighted by molar-refractivity contribution is 5.68. The van der Waals surface area contributed by atoms with Crippen molar-refractivity contribution in [1.82, 2.24) is 4.90 Å². The molecule has 0 aliphatic carbocycles. The number of carbonyl (C=O) groups is 1. The normalized spacial score (nSPS) is 16.8. The van der Waals surface area contributed by atoms with Gasteiger partial charge in [-0.05, 0) is 45.6 Å². The molecule has 1 unspecified atom stereocenters. The molecule has 1 atom stereocenters. The molecule has 1 aromatic rings. The molecule has 26 heavy (non-hydrogen) atoms. The molecule has 0 radical (unpaired) electrons. The van der Waals surface area contributed by atoms with Crippen molar-refractivity contribution in [2.24, 2.45) is 5.92 Å². The van der Waals surface area contributed by atoms with Crippen LogP contribution in [0.1, 0.15) is 33.6 Å². The van der Waals surface area contributed by atoms with E-state index in [1.54, 1.807) is 23.1 Å². The molecule has 0 saturated carbocycles. The summed E-state index contributed by atoms with van der Waals surface area (Å²) in [5, 5.41) is 24.0. The van der Waals surface area contributed by atoms with Crippen LogP contribution >= 0.6 is 0 Å². The van der Waals surface area contributed by atoms with Gasteiger partial charge in [-0.1, -0.05) is 12.1 Å². The Hall–Kier alpha value is -2.35. The predicted octanol–water partition coefficient (Wildman–Crippen LogP) is 3.01. The zero-order valence-electron chi connectivity index (χ0n) is 15.5. The minimum Gasteiger partial charge on any atom is -0.444 e. The van der Waals surface area contributed by atoms with Crippen molar-refractivity contribution in [1.29, 1.82) is 0 Å². The van der Waals surface area contributed by atoms with Gasteiger partial charge in [0.1, 0.15) is 11.3 Å². The third-order valence-corrected chi connectivity index (χ3v) is 4.40. The number of anilines is 1. The van der Waals surface area contributed by atoms with Gasteiger partial charge >= 0.3 is 6.09 Å². The van der Waals surface area contributed by atoms with Crippen LogP contribution in [-0.4, -0.2) is 52.4 Å². The second kappa shape index (κ2) is 8.35. The van der Waals surface area contributed by atoms with Crippen molar-refractivity contribution < 1.29 is 19.6 Å². The van der Waals surface area contributed by atoms with Crippen molar-refractivity contribution in [2.75, 3.05) is 25.0 Å². The van der Waals surface area contributed by atoms with E-state index in [1.165, 1.54) is 6.07 Å². The molecule has 0 bridgehead atoms. The van der Waals surface area contributed by atoms with Crippen LogP contribution in [0.25, 0.3) is 0 Å². The third-order valence-electron chi connectivity index (χ3n) is 4.40. The summed E-state index contributed by atoms with van der Waals surface area (Å²) >= 11 is 0. The SMILES string of the molecule is CC(C)(C)OC(=O)N1CCC(C(CO)Nc2ccccc2[N+](=O)[O-])CC1. The van der Waals surface area contributed by atoms with E-state index < -0.39 is 10.5 Å². The lowest BCUT2D eigenvalue weighted by molar-refractivity contribution is -0.384. The number of rotatable bonds is 5. The molecule has 0 aromatic heterocycles. The van der Waals surface area contributed by atoms with E-state index in [2.05, 4.69) is 5.32 Å². The maximum atomic E-state index is 12.1. The van der Waals surface area contributed by atoms with Gasteiger partial charge in [-0.3, -0.25) is 10.1 Å². The summed E-state index contributed by atoms with van der Waals surface area (Å²) in [5.74, 6) is 0.110. The van der Waals surface area contributed by atoms with Crippen LogP contribution in [0.5, 0.6) is 0 Å². The molecule has 0 spiro atoms. The molecule has 144 valence electrons. The van der Waals surface area contributed by atoms with Crippen LogP contribution in [0.15, 0.2) is 24.3 Å². The Morgan fingerprint density at radius 3 is 2.54 bits per heavy atom. The first-order chi connectivity index (χ1) is 12.2. The summed E-state index contributed by atoms with van der Waals surface area (Å²) in [5.41, 5.74) is -0.154. The van der Waals surface area contributed by atoms with E-state index in [0.29, 0.717) is 31.6 Å². The molecule has 8 nitrogen and oxygen atoms in total. The highest BCUT2D eigenvalue weighted by Crippen LogP contribution is 2.28. The number of hydrogen-bond acceptors (Lipinski definition) is 6. The first kappa shape index (κ1) is 20.0. The number of nitrogens with zero attached hydrogens (tertiary/aromatic N) is 2. The fourth-order valence-corrected chi connectivity index (χ4v) is 3.08. The zero-order chi connectivity index (χ0) is 19.3. The average Bonchev–Trinajstić information content (AvgIpc) is 2.58. The number of nitro groups is 1. The summed E-state index contributed by atoms with van der Waals surface area (Å²) in [7, 11) is 0. The number of likely N-dealkylation sites (tertiary alicyclic amines) is 1. The molecular formula is C18H27N3O5. The summed E-state index contributed by atoms with van der Waals surface area (Å²) in [6.07, 6.45) is 1.05. The van der Waals surface area contributed by atoms with E-state index in [9.17, 15) is 20.0 Å². The number of carbonyl (C=O) groups excluding carboxylic acids is 1. The van der Waals surface area contributed by atoms with Crippen molar-refractivity contribution in [3.05, 3.63) is 34.4 Å². The van der Waals surface area contributed by atoms with E-state index >= 15 is 0 Å². The Labute approximate surface area is 153 Å². The largest absolute Gasteiger partial charge is 0.444 e. The molecule has 1 aromatic carbocycles. The van der Waals surface area contributed by atoms with Crippen molar-refractivity contribution in [3.63, 3.8) is 0 Å². The smallest absolute Gasteiger partial charge is 0.410 e. The fourth-order valence-electron chi connectivity index (χ4n) is 3.08. The number of amides is 1. The van der Waals surface area contributed by atoms with Gasteiger partial charge < -0.3 is 20.1 Å². The predicted molar refractivity (Wildman–Crippen MR) is 98.1 cm³/mol. The Kier molecular flexibility index (Phi) is 6.42. The van der Waals surface area contributed by atoms with Gasteiger partial charge in [0.05, 0.1) is 17.6 Å². The van der Waals surface area contributed by atoms with Gasteiger partial charge in [-0.2, -0.15) is 0 Å². The Morgan fingerprint density at radius 1 is 1.38 bits per heavy atom. The number of piperidine rings is 1. The quantitative estimate of drug-likeness (QED) is 0.614. The first-order valence-electron chi connectivity index (χ1n) is 8.80. The third kappa shape index (κ3) is 5.32. The molecule has 8 heteroatoms. The highest BCUT2D eigenvalue weighted by Gasteiger charge is 2.31. The number of hydrogen-bond donors (Lipinski definition) is 2. The summed E-state index contributed by atoms with van der Waals surface area (Å²) in [4.78, 5) is 24.5. The lowest BCUT2D eigenvalue weighted by Crippen LogP contribution is -2.45. The van der Waals surface area contributed by atoms with E-state index in [0.717, 1.165) is 0 Å². The van der Waals surface area contributed by atoms with Gasteiger partial charge in [0, 0.05) is 19.2 Å². The summed E-state index contributed by atoms with van der Waals surface area (Å²) < 4.78 is 5.38. The van der Waals surface area contributed by atoms with Gasteiger partial charge in [0.2, 0.25) is 0 Å². The van der Waals surface area contributed by atoms with E-state index in [1.807, 2.05) is 20.8 Å².